The first-order chi connectivity index (χ1) is 11.3. The molecule has 0 spiro atoms. The van der Waals surface area contributed by atoms with E-state index in [1.807, 2.05) is 0 Å². The molecular formula is C20H31ClFNO. The minimum absolute atomic E-state index is 0.00275. The van der Waals surface area contributed by atoms with E-state index >= 15 is 0 Å². The van der Waals surface area contributed by atoms with Crippen LogP contribution in [-0.4, -0.2) is 16.2 Å². The standard InChI is InChI=1S/C20H31ClFNO/c1-3-10-19(23,11-4-2)18-7-5-6-12-20(18,24)14-15-13-16(21)8-9-17(15)22/h8-9,13,18,24H,3-7,10-12,14,23H2,1-2H3/t18-,20+/m0/s1. The zero-order valence-corrected chi connectivity index (χ0v) is 15.7. The Morgan fingerprint density at radius 3 is 2.58 bits per heavy atom. The molecule has 4 heteroatoms. The first-order valence-corrected chi connectivity index (χ1v) is 9.67. The van der Waals surface area contributed by atoms with Crippen LogP contribution in [0.2, 0.25) is 5.02 Å². The second kappa shape index (κ2) is 8.16. The summed E-state index contributed by atoms with van der Waals surface area (Å²) in [6.07, 6.45) is 7.70. The third kappa shape index (κ3) is 4.30. The zero-order valence-electron chi connectivity index (χ0n) is 15.0. The molecule has 136 valence electrons. The molecule has 0 saturated heterocycles. The normalized spacial score (nSPS) is 25.0. The summed E-state index contributed by atoms with van der Waals surface area (Å²) in [4.78, 5) is 0. The number of halogens is 2. The molecule has 0 aromatic heterocycles. The summed E-state index contributed by atoms with van der Waals surface area (Å²) in [7, 11) is 0. The maximum absolute atomic E-state index is 14.2. The van der Waals surface area contributed by atoms with Gasteiger partial charge < -0.3 is 10.8 Å². The van der Waals surface area contributed by atoms with Crippen LogP contribution in [0.1, 0.15) is 70.8 Å². The Kier molecular flexibility index (Phi) is 6.69. The molecule has 1 aromatic carbocycles. The fraction of sp³-hybridized carbons (Fsp3) is 0.700. The van der Waals surface area contributed by atoms with Crippen molar-refractivity contribution in [3.05, 3.63) is 34.6 Å². The number of hydrogen-bond donors (Lipinski definition) is 2. The number of hydrogen-bond acceptors (Lipinski definition) is 2. The predicted octanol–water partition coefficient (Wildman–Crippen LogP) is 5.24. The van der Waals surface area contributed by atoms with Crippen LogP contribution in [0, 0.1) is 11.7 Å². The van der Waals surface area contributed by atoms with Crippen molar-refractivity contribution in [3.63, 3.8) is 0 Å². The van der Waals surface area contributed by atoms with Gasteiger partial charge in [0.2, 0.25) is 0 Å². The summed E-state index contributed by atoms with van der Waals surface area (Å²) in [6.45, 7) is 4.27. The van der Waals surface area contributed by atoms with Crippen molar-refractivity contribution in [1.29, 1.82) is 0 Å². The Bertz CT molecular complexity index is 544. The van der Waals surface area contributed by atoms with E-state index in [4.69, 9.17) is 17.3 Å². The topological polar surface area (TPSA) is 46.2 Å². The van der Waals surface area contributed by atoms with Crippen molar-refractivity contribution >= 4 is 11.6 Å². The van der Waals surface area contributed by atoms with Gasteiger partial charge in [0.05, 0.1) is 5.60 Å². The highest BCUT2D eigenvalue weighted by atomic mass is 35.5. The van der Waals surface area contributed by atoms with Crippen LogP contribution in [0.25, 0.3) is 0 Å². The van der Waals surface area contributed by atoms with Crippen LogP contribution in [-0.2, 0) is 6.42 Å². The van der Waals surface area contributed by atoms with E-state index in [0.717, 1.165) is 44.9 Å². The third-order valence-corrected chi connectivity index (χ3v) is 5.87. The molecular weight excluding hydrogens is 325 g/mol. The van der Waals surface area contributed by atoms with E-state index in [9.17, 15) is 9.50 Å². The van der Waals surface area contributed by atoms with Gasteiger partial charge in [0, 0.05) is 22.9 Å². The molecule has 3 N–H and O–H groups in total. The molecule has 2 rings (SSSR count). The zero-order chi connectivity index (χ0) is 17.8. The number of benzene rings is 1. The fourth-order valence-corrected chi connectivity index (χ4v) is 4.86. The average Bonchev–Trinajstić information content (AvgIpc) is 2.51. The Balaban J connectivity index is 2.33. The molecule has 0 heterocycles. The summed E-state index contributed by atoms with van der Waals surface area (Å²) in [5, 5.41) is 12.0. The van der Waals surface area contributed by atoms with Crippen LogP contribution in [0.3, 0.4) is 0 Å². The lowest BCUT2D eigenvalue weighted by Gasteiger charge is -2.50. The quantitative estimate of drug-likeness (QED) is 0.702. The Morgan fingerprint density at radius 2 is 1.96 bits per heavy atom. The molecule has 0 aliphatic heterocycles. The Morgan fingerprint density at radius 1 is 1.29 bits per heavy atom. The highest BCUT2D eigenvalue weighted by Crippen LogP contribution is 2.45. The average molecular weight is 356 g/mol. The maximum atomic E-state index is 14.2. The monoisotopic (exact) mass is 355 g/mol. The molecule has 2 atom stereocenters. The van der Waals surface area contributed by atoms with Crippen LogP contribution >= 0.6 is 11.6 Å². The van der Waals surface area contributed by atoms with Crippen LogP contribution in [0.4, 0.5) is 4.39 Å². The second-order valence-corrected chi connectivity index (χ2v) is 7.98. The van der Waals surface area contributed by atoms with Gasteiger partial charge in [-0.25, -0.2) is 4.39 Å². The second-order valence-electron chi connectivity index (χ2n) is 7.55. The van der Waals surface area contributed by atoms with E-state index in [2.05, 4.69) is 13.8 Å². The van der Waals surface area contributed by atoms with E-state index in [0.29, 0.717) is 17.0 Å². The van der Waals surface area contributed by atoms with Gasteiger partial charge >= 0.3 is 0 Å². The minimum Gasteiger partial charge on any atom is -0.389 e. The highest BCUT2D eigenvalue weighted by molar-refractivity contribution is 6.30. The van der Waals surface area contributed by atoms with Crippen molar-refractivity contribution in [2.45, 2.75) is 82.8 Å². The van der Waals surface area contributed by atoms with Crippen LogP contribution in [0.5, 0.6) is 0 Å². The molecule has 1 fully saturated rings. The third-order valence-electron chi connectivity index (χ3n) is 5.63. The van der Waals surface area contributed by atoms with Crippen molar-refractivity contribution < 1.29 is 9.50 Å². The lowest BCUT2D eigenvalue weighted by atomic mass is 9.61. The molecule has 2 nitrogen and oxygen atoms in total. The van der Waals surface area contributed by atoms with Gasteiger partial charge in [0.25, 0.3) is 0 Å². The summed E-state index contributed by atoms with van der Waals surface area (Å²) >= 11 is 6.03. The van der Waals surface area contributed by atoms with Gasteiger partial charge in [0.15, 0.2) is 0 Å². The van der Waals surface area contributed by atoms with Crippen LogP contribution < -0.4 is 5.73 Å². The van der Waals surface area contributed by atoms with Crippen molar-refractivity contribution in [1.82, 2.24) is 0 Å². The van der Waals surface area contributed by atoms with Gasteiger partial charge in [-0.1, -0.05) is 51.1 Å². The summed E-state index contributed by atoms with van der Waals surface area (Å²) in [6, 6.07) is 4.56. The lowest BCUT2D eigenvalue weighted by molar-refractivity contribution is -0.0823. The molecule has 1 aromatic rings. The molecule has 1 aliphatic rings. The van der Waals surface area contributed by atoms with E-state index < -0.39 is 5.60 Å². The van der Waals surface area contributed by atoms with Crippen LogP contribution in [0.15, 0.2) is 18.2 Å². The Labute approximate surface area is 150 Å². The van der Waals surface area contributed by atoms with Gasteiger partial charge in [-0.2, -0.15) is 0 Å². The SMILES string of the molecule is CCCC(N)(CCC)[C@@H]1CCCC[C@@]1(O)Cc1cc(Cl)ccc1F. The molecule has 0 amide bonds. The lowest BCUT2D eigenvalue weighted by Crippen LogP contribution is -2.59. The Hall–Kier alpha value is -0.640. The molecule has 1 aliphatic carbocycles. The minimum atomic E-state index is -0.955. The largest absolute Gasteiger partial charge is 0.389 e. The summed E-state index contributed by atoms with van der Waals surface area (Å²) < 4.78 is 14.2. The van der Waals surface area contributed by atoms with Crippen molar-refractivity contribution in [3.8, 4) is 0 Å². The highest BCUT2D eigenvalue weighted by Gasteiger charge is 2.48. The van der Waals surface area contributed by atoms with E-state index in [1.165, 1.54) is 6.07 Å². The smallest absolute Gasteiger partial charge is 0.126 e. The first kappa shape index (κ1) is 19.7. The molecule has 0 bridgehead atoms. The maximum Gasteiger partial charge on any atom is 0.126 e. The van der Waals surface area contributed by atoms with Gasteiger partial charge in [-0.05, 0) is 49.4 Å². The van der Waals surface area contributed by atoms with Crippen molar-refractivity contribution in [2.24, 2.45) is 11.7 Å². The van der Waals surface area contributed by atoms with E-state index in [1.54, 1.807) is 12.1 Å². The molecule has 0 unspecified atom stereocenters. The number of aliphatic hydroxyl groups is 1. The van der Waals surface area contributed by atoms with Gasteiger partial charge in [-0.3, -0.25) is 0 Å². The van der Waals surface area contributed by atoms with E-state index in [-0.39, 0.29) is 23.7 Å². The molecule has 0 radical (unpaired) electrons. The first-order valence-electron chi connectivity index (χ1n) is 9.30. The number of rotatable bonds is 7. The van der Waals surface area contributed by atoms with Gasteiger partial charge in [0.1, 0.15) is 5.82 Å². The predicted molar refractivity (Wildman–Crippen MR) is 98.8 cm³/mol. The van der Waals surface area contributed by atoms with Gasteiger partial charge in [-0.15, -0.1) is 0 Å². The molecule has 1 saturated carbocycles. The summed E-state index contributed by atoms with van der Waals surface area (Å²) in [5.74, 6) is -0.303. The fourth-order valence-electron chi connectivity index (χ4n) is 4.67. The summed E-state index contributed by atoms with van der Waals surface area (Å²) in [5.41, 5.74) is 5.97. The number of nitrogens with two attached hydrogens (primary N) is 1. The molecule has 24 heavy (non-hydrogen) atoms. The van der Waals surface area contributed by atoms with Crippen molar-refractivity contribution in [2.75, 3.05) is 0 Å².